The molecule has 0 unspecified atom stereocenters. The molecule has 0 radical (unpaired) electrons. The molecule has 0 atom stereocenters. The van der Waals surface area contributed by atoms with E-state index >= 15 is 0 Å². The molecule has 0 aliphatic carbocycles. The number of hydrogen-bond donors (Lipinski definition) is 1. The number of amides is 1. The Bertz CT molecular complexity index is 1200. The maximum Gasteiger partial charge on any atom is 0.433 e. The highest BCUT2D eigenvalue weighted by molar-refractivity contribution is 6.02. The number of nitrogens with zero attached hydrogens (tertiary/aromatic N) is 2. The summed E-state index contributed by atoms with van der Waals surface area (Å²) in [6.45, 7) is 4.24. The van der Waals surface area contributed by atoms with Crippen LogP contribution in [0.1, 0.15) is 35.9 Å². The largest absolute Gasteiger partial charge is 0.436 e. The Hall–Kier alpha value is -3.94. The number of rotatable bonds is 5. The van der Waals surface area contributed by atoms with E-state index in [4.69, 9.17) is 8.83 Å². The third kappa shape index (κ3) is 3.73. The summed E-state index contributed by atoms with van der Waals surface area (Å²) >= 11 is 0. The zero-order valence-corrected chi connectivity index (χ0v) is 15.7. The average Bonchev–Trinajstić information content (AvgIpc) is 3.35. The van der Waals surface area contributed by atoms with Crippen molar-refractivity contribution in [2.45, 2.75) is 19.8 Å². The molecule has 0 fully saturated rings. The minimum atomic E-state index is -0.698. The zero-order chi connectivity index (χ0) is 20.5. The lowest BCUT2D eigenvalue weighted by molar-refractivity contribution is -0.402. The van der Waals surface area contributed by atoms with Gasteiger partial charge in [0.1, 0.15) is 10.4 Å². The predicted octanol–water partition coefficient (Wildman–Crippen LogP) is 5.37. The molecule has 4 aromatic rings. The first-order valence-electron chi connectivity index (χ1n) is 8.97. The number of carbonyl (C=O) groups excluding carboxylic acids is 1. The summed E-state index contributed by atoms with van der Waals surface area (Å²) in [6, 6.07) is 15.3. The predicted molar refractivity (Wildman–Crippen MR) is 107 cm³/mol. The maximum atomic E-state index is 12.2. The first-order valence-corrected chi connectivity index (χ1v) is 8.97. The van der Waals surface area contributed by atoms with Crippen LogP contribution >= 0.6 is 0 Å². The molecule has 0 saturated heterocycles. The van der Waals surface area contributed by atoms with Gasteiger partial charge in [-0.3, -0.25) is 14.9 Å². The van der Waals surface area contributed by atoms with Crippen molar-refractivity contribution in [3.63, 3.8) is 0 Å². The molecule has 29 heavy (non-hydrogen) atoms. The van der Waals surface area contributed by atoms with E-state index in [1.165, 1.54) is 11.6 Å². The van der Waals surface area contributed by atoms with Crippen LogP contribution in [0, 0.1) is 10.1 Å². The molecule has 1 N–H and O–H groups in total. The maximum absolute atomic E-state index is 12.2. The highest BCUT2D eigenvalue weighted by Crippen LogP contribution is 2.28. The standard InChI is InChI=1S/C21H17N3O5/c1-12(2)14-5-8-17-16(11-14)23-21(29-17)13-3-6-15(7-4-13)22-20(25)18-9-10-19(28-18)24(26)27/h3-12H,1-2H3,(H,22,25). The van der Waals surface area contributed by atoms with E-state index in [0.717, 1.165) is 17.1 Å². The van der Waals surface area contributed by atoms with Gasteiger partial charge < -0.3 is 14.2 Å². The fraction of sp³-hybridized carbons (Fsp3) is 0.143. The van der Waals surface area contributed by atoms with Crippen molar-refractivity contribution < 1.29 is 18.6 Å². The monoisotopic (exact) mass is 391 g/mol. The number of aromatic nitrogens is 1. The van der Waals surface area contributed by atoms with Crippen LogP contribution in [0.2, 0.25) is 0 Å². The molecule has 0 saturated carbocycles. The average molecular weight is 391 g/mol. The minimum Gasteiger partial charge on any atom is -0.436 e. The van der Waals surface area contributed by atoms with Gasteiger partial charge in [-0.25, -0.2) is 4.98 Å². The van der Waals surface area contributed by atoms with Gasteiger partial charge in [0.2, 0.25) is 5.89 Å². The van der Waals surface area contributed by atoms with Crippen molar-refractivity contribution in [2.75, 3.05) is 5.32 Å². The van der Waals surface area contributed by atoms with Crippen molar-refractivity contribution in [1.82, 2.24) is 4.98 Å². The van der Waals surface area contributed by atoms with Gasteiger partial charge in [-0.15, -0.1) is 0 Å². The van der Waals surface area contributed by atoms with E-state index in [-0.39, 0.29) is 5.76 Å². The SMILES string of the molecule is CC(C)c1ccc2oc(-c3ccc(NC(=O)c4ccc([N+](=O)[O-])o4)cc3)nc2c1. The molecular formula is C21H17N3O5. The Morgan fingerprint density at radius 1 is 1.07 bits per heavy atom. The van der Waals surface area contributed by atoms with Crippen molar-refractivity contribution in [3.8, 4) is 11.5 Å². The lowest BCUT2D eigenvalue weighted by Gasteiger charge is -2.03. The van der Waals surface area contributed by atoms with E-state index < -0.39 is 16.7 Å². The van der Waals surface area contributed by atoms with Gasteiger partial charge in [0, 0.05) is 11.3 Å². The Kier molecular flexibility index (Phi) is 4.59. The zero-order valence-electron chi connectivity index (χ0n) is 15.7. The van der Waals surface area contributed by atoms with Gasteiger partial charge in [-0.2, -0.15) is 0 Å². The number of benzene rings is 2. The molecule has 146 valence electrons. The molecule has 0 aliphatic rings. The third-order valence-electron chi connectivity index (χ3n) is 4.46. The Balaban J connectivity index is 1.52. The lowest BCUT2D eigenvalue weighted by atomic mass is 10.0. The van der Waals surface area contributed by atoms with E-state index in [2.05, 4.69) is 24.1 Å². The second-order valence-corrected chi connectivity index (χ2v) is 6.83. The smallest absolute Gasteiger partial charge is 0.433 e. The quantitative estimate of drug-likeness (QED) is 0.361. The summed E-state index contributed by atoms with van der Waals surface area (Å²) in [5, 5.41) is 13.3. The summed E-state index contributed by atoms with van der Waals surface area (Å²) in [4.78, 5) is 26.7. The fourth-order valence-corrected chi connectivity index (χ4v) is 2.86. The number of fused-ring (bicyclic) bond motifs is 1. The number of hydrogen-bond acceptors (Lipinski definition) is 6. The van der Waals surface area contributed by atoms with Gasteiger partial charge in [0.15, 0.2) is 11.3 Å². The summed E-state index contributed by atoms with van der Waals surface area (Å²) in [5.41, 5.74) is 3.97. The fourth-order valence-electron chi connectivity index (χ4n) is 2.86. The number of furan rings is 1. The number of nitrogens with one attached hydrogen (secondary N) is 1. The van der Waals surface area contributed by atoms with E-state index in [1.54, 1.807) is 24.3 Å². The number of oxazole rings is 1. The molecule has 1 amide bonds. The van der Waals surface area contributed by atoms with Crippen LogP contribution in [0.4, 0.5) is 11.6 Å². The van der Waals surface area contributed by atoms with Crippen molar-refractivity contribution in [2.24, 2.45) is 0 Å². The van der Waals surface area contributed by atoms with Crippen molar-refractivity contribution in [1.29, 1.82) is 0 Å². The number of nitro groups is 1. The Morgan fingerprint density at radius 2 is 1.83 bits per heavy atom. The Morgan fingerprint density at radius 3 is 2.48 bits per heavy atom. The van der Waals surface area contributed by atoms with Gasteiger partial charge in [-0.05, 0) is 53.9 Å². The van der Waals surface area contributed by atoms with Crippen LogP contribution in [0.5, 0.6) is 0 Å². The number of anilines is 1. The van der Waals surface area contributed by atoms with Crippen molar-refractivity contribution >= 4 is 28.6 Å². The molecule has 8 nitrogen and oxygen atoms in total. The summed E-state index contributed by atoms with van der Waals surface area (Å²) in [7, 11) is 0. The first kappa shape index (κ1) is 18.4. The normalized spacial score (nSPS) is 11.1. The van der Waals surface area contributed by atoms with Crippen LogP contribution in [0.25, 0.3) is 22.6 Å². The molecule has 0 aliphatic heterocycles. The molecular weight excluding hydrogens is 374 g/mol. The van der Waals surface area contributed by atoms with Crippen molar-refractivity contribution in [3.05, 3.63) is 76.0 Å². The first-order chi connectivity index (χ1) is 13.9. The second kappa shape index (κ2) is 7.23. The lowest BCUT2D eigenvalue weighted by Crippen LogP contribution is -2.10. The van der Waals surface area contributed by atoms with Crippen LogP contribution in [0.3, 0.4) is 0 Å². The molecule has 8 heteroatoms. The van der Waals surface area contributed by atoms with E-state index in [9.17, 15) is 14.9 Å². The second-order valence-electron chi connectivity index (χ2n) is 6.83. The van der Waals surface area contributed by atoms with Crippen LogP contribution in [-0.2, 0) is 0 Å². The minimum absolute atomic E-state index is 0.138. The summed E-state index contributed by atoms with van der Waals surface area (Å²) < 4.78 is 10.7. The highest BCUT2D eigenvalue weighted by Gasteiger charge is 2.17. The molecule has 2 aromatic carbocycles. The van der Waals surface area contributed by atoms with E-state index in [0.29, 0.717) is 23.1 Å². The summed E-state index contributed by atoms with van der Waals surface area (Å²) in [6.07, 6.45) is 0. The Labute approximate surface area is 165 Å². The topological polar surface area (TPSA) is 111 Å². The summed E-state index contributed by atoms with van der Waals surface area (Å²) in [5.74, 6) is -0.310. The molecule has 0 bridgehead atoms. The van der Waals surface area contributed by atoms with Gasteiger partial charge in [0.05, 0.1) is 6.07 Å². The molecule has 2 heterocycles. The van der Waals surface area contributed by atoms with Crippen LogP contribution < -0.4 is 5.32 Å². The van der Waals surface area contributed by atoms with Gasteiger partial charge in [-0.1, -0.05) is 19.9 Å². The molecule has 2 aromatic heterocycles. The third-order valence-corrected chi connectivity index (χ3v) is 4.46. The molecule has 0 spiro atoms. The van der Waals surface area contributed by atoms with E-state index in [1.807, 2.05) is 18.2 Å². The van der Waals surface area contributed by atoms with Crippen LogP contribution in [-0.4, -0.2) is 15.8 Å². The highest BCUT2D eigenvalue weighted by atomic mass is 16.6. The number of carbonyl (C=O) groups is 1. The van der Waals surface area contributed by atoms with Gasteiger partial charge >= 0.3 is 5.88 Å². The van der Waals surface area contributed by atoms with Gasteiger partial charge in [0.25, 0.3) is 5.91 Å². The van der Waals surface area contributed by atoms with Crippen LogP contribution in [0.15, 0.2) is 63.4 Å². The molecule has 4 rings (SSSR count).